The van der Waals surface area contributed by atoms with Crippen molar-refractivity contribution in [2.45, 2.75) is 25.3 Å². The van der Waals surface area contributed by atoms with Crippen molar-refractivity contribution >= 4 is 29.5 Å². The normalized spacial score (nSPS) is 18.9. The summed E-state index contributed by atoms with van der Waals surface area (Å²) in [4.78, 5) is 38.3. The summed E-state index contributed by atoms with van der Waals surface area (Å²) >= 11 is 5.95. The molecule has 2 aliphatic rings. The summed E-state index contributed by atoms with van der Waals surface area (Å²) in [7, 11) is 0. The number of carbonyl (C=O) groups is 3. The van der Waals surface area contributed by atoms with Crippen LogP contribution in [0.3, 0.4) is 0 Å². The van der Waals surface area contributed by atoms with Crippen LogP contribution in [0.15, 0.2) is 18.2 Å². The van der Waals surface area contributed by atoms with Crippen LogP contribution in [-0.4, -0.2) is 53.4 Å². The van der Waals surface area contributed by atoms with E-state index in [4.69, 9.17) is 16.3 Å². The zero-order valence-electron chi connectivity index (χ0n) is 12.8. The SMILES string of the molecule is O=C(Cc1c(F)cccc1Cl)N1CCC(N2C(=O)COC2=O)CC1. The van der Waals surface area contributed by atoms with Gasteiger partial charge in [-0.3, -0.25) is 9.59 Å². The number of nitrogens with zero attached hydrogens (tertiary/aromatic N) is 2. The van der Waals surface area contributed by atoms with E-state index in [0.717, 1.165) is 4.90 Å². The second-order valence-corrected chi connectivity index (χ2v) is 6.21. The lowest BCUT2D eigenvalue weighted by Crippen LogP contribution is -2.48. The van der Waals surface area contributed by atoms with E-state index in [1.54, 1.807) is 11.0 Å². The van der Waals surface area contributed by atoms with Crippen LogP contribution in [0.5, 0.6) is 0 Å². The highest BCUT2D eigenvalue weighted by atomic mass is 35.5. The van der Waals surface area contributed by atoms with Crippen LogP contribution in [0.25, 0.3) is 0 Å². The first kappa shape index (κ1) is 16.7. The standard InChI is InChI=1S/C16H16ClFN2O4/c17-12-2-1-3-13(18)11(12)8-14(21)19-6-4-10(5-7-19)20-15(22)9-24-16(20)23/h1-3,10H,4-9H2. The van der Waals surface area contributed by atoms with Crippen LogP contribution >= 0.6 is 11.6 Å². The van der Waals surface area contributed by atoms with E-state index >= 15 is 0 Å². The van der Waals surface area contributed by atoms with Gasteiger partial charge in [-0.15, -0.1) is 0 Å². The third kappa shape index (κ3) is 3.21. The molecule has 6 nitrogen and oxygen atoms in total. The van der Waals surface area contributed by atoms with Crippen LogP contribution in [-0.2, 0) is 20.7 Å². The Morgan fingerprint density at radius 3 is 2.58 bits per heavy atom. The predicted molar refractivity (Wildman–Crippen MR) is 82.9 cm³/mol. The molecular formula is C16H16ClFN2O4. The van der Waals surface area contributed by atoms with E-state index in [1.165, 1.54) is 12.1 Å². The van der Waals surface area contributed by atoms with Crippen LogP contribution in [0, 0.1) is 5.82 Å². The summed E-state index contributed by atoms with van der Waals surface area (Å²) in [6.45, 7) is 0.572. The number of benzene rings is 1. The highest BCUT2D eigenvalue weighted by Gasteiger charge is 2.39. The number of hydrogen-bond acceptors (Lipinski definition) is 4. The Morgan fingerprint density at radius 1 is 1.29 bits per heavy atom. The minimum atomic E-state index is -0.622. The molecule has 2 heterocycles. The van der Waals surface area contributed by atoms with E-state index in [0.29, 0.717) is 25.9 Å². The number of likely N-dealkylation sites (tertiary alicyclic amines) is 1. The highest BCUT2D eigenvalue weighted by Crippen LogP contribution is 2.23. The average molecular weight is 355 g/mol. The largest absolute Gasteiger partial charge is 0.439 e. The zero-order chi connectivity index (χ0) is 17.3. The molecule has 0 unspecified atom stereocenters. The molecule has 0 atom stereocenters. The summed E-state index contributed by atoms with van der Waals surface area (Å²) in [5, 5.41) is 0.226. The molecule has 0 saturated carbocycles. The van der Waals surface area contributed by atoms with Gasteiger partial charge in [0.15, 0.2) is 6.61 Å². The molecule has 2 saturated heterocycles. The smallest absolute Gasteiger partial charge is 0.417 e. The van der Waals surface area contributed by atoms with Crippen LogP contribution in [0.4, 0.5) is 9.18 Å². The van der Waals surface area contributed by atoms with Crippen LogP contribution < -0.4 is 0 Å². The zero-order valence-corrected chi connectivity index (χ0v) is 13.6. The maximum Gasteiger partial charge on any atom is 0.417 e. The van der Waals surface area contributed by atoms with Crippen molar-refractivity contribution in [2.24, 2.45) is 0 Å². The Kier molecular flexibility index (Phi) is 4.71. The van der Waals surface area contributed by atoms with Crippen LogP contribution in [0.1, 0.15) is 18.4 Å². The number of carbonyl (C=O) groups excluding carboxylic acids is 3. The third-order valence-electron chi connectivity index (χ3n) is 4.36. The molecule has 128 valence electrons. The lowest BCUT2D eigenvalue weighted by atomic mass is 10.0. The molecule has 8 heteroatoms. The lowest BCUT2D eigenvalue weighted by Gasteiger charge is -2.34. The van der Waals surface area contributed by atoms with Crippen molar-refractivity contribution in [3.05, 3.63) is 34.6 Å². The number of amides is 3. The number of imide groups is 1. The van der Waals surface area contributed by atoms with Crippen molar-refractivity contribution in [2.75, 3.05) is 19.7 Å². The number of piperidine rings is 1. The minimum Gasteiger partial charge on any atom is -0.439 e. The summed E-state index contributed by atoms with van der Waals surface area (Å²) in [5.41, 5.74) is 0.185. The lowest BCUT2D eigenvalue weighted by molar-refractivity contribution is -0.132. The number of cyclic esters (lactones) is 1. The first-order valence-electron chi connectivity index (χ1n) is 7.67. The van der Waals surface area contributed by atoms with E-state index in [-0.39, 0.29) is 41.5 Å². The van der Waals surface area contributed by atoms with E-state index in [9.17, 15) is 18.8 Å². The molecule has 24 heavy (non-hydrogen) atoms. The molecule has 2 fully saturated rings. The topological polar surface area (TPSA) is 66.9 Å². The Balaban J connectivity index is 1.59. The second kappa shape index (κ2) is 6.76. The summed E-state index contributed by atoms with van der Waals surface area (Å²) < 4.78 is 18.5. The fraction of sp³-hybridized carbons (Fsp3) is 0.438. The molecule has 3 rings (SSSR count). The van der Waals surface area contributed by atoms with Gasteiger partial charge >= 0.3 is 6.09 Å². The van der Waals surface area contributed by atoms with Crippen molar-refractivity contribution in [1.29, 1.82) is 0 Å². The van der Waals surface area contributed by atoms with Gasteiger partial charge in [-0.2, -0.15) is 0 Å². The van der Waals surface area contributed by atoms with E-state index in [2.05, 4.69) is 0 Å². The van der Waals surface area contributed by atoms with Gasteiger partial charge in [0.1, 0.15) is 5.82 Å². The van der Waals surface area contributed by atoms with Crippen molar-refractivity contribution in [3.63, 3.8) is 0 Å². The molecule has 0 aliphatic carbocycles. The summed E-state index contributed by atoms with van der Waals surface area (Å²) in [6.07, 6.45) is 0.235. The van der Waals surface area contributed by atoms with E-state index in [1.807, 2.05) is 0 Å². The fourth-order valence-electron chi connectivity index (χ4n) is 3.05. The quantitative estimate of drug-likeness (QED) is 0.832. The van der Waals surface area contributed by atoms with Gasteiger partial charge in [-0.1, -0.05) is 17.7 Å². The first-order valence-corrected chi connectivity index (χ1v) is 8.04. The third-order valence-corrected chi connectivity index (χ3v) is 4.71. The first-order chi connectivity index (χ1) is 11.5. The monoisotopic (exact) mass is 354 g/mol. The Bertz CT molecular complexity index is 652. The highest BCUT2D eigenvalue weighted by molar-refractivity contribution is 6.31. The molecule has 0 spiro atoms. The second-order valence-electron chi connectivity index (χ2n) is 5.81. The number of halogens is 2. The number of hydrogen-bond donors (Lipinski definition) is 0. The van der Waals surface area contributed by atoms with Crippen molar-refractivity contribution < 1.29 is 23.5 Å². The van der Waals surface area contributed by atoms with Crippen LogP contribution in [0.2, 0.25) is 5.02 Å². The van der Waals surface area contributed by atoms with Gasteiger partial charge in [0.25, 0.3) is 5.91 Å². The summed E-state index contributed by atoms with van der Waals surface area (Å²) in [6, 6.07) is 4.05. The number of rotatable bonds is 3. The maximum absolute atomic E-state index is 13.8. The molecule has 1 aromatic carbocycles. The van der Waals surface area contributed by atoms with Crippen molar-refractivity contribution in [1.82, 2.24) is 9.80 Å². The van der Waals surface area contributed by atoms with Gasteiger partial charge in [-0.05, 0) is 25.0 Å². The minimum absolute atomic E-state index is 0.110. The molecule has 3 amide bonds. The summed E-state index contributed by atoms with van der Waals surface area (Å²) in [5.74, 6) is -1.07. The molecule has 2 aliphatic heterocycles. The number of ether oxygens (including phenoxy) is 1. The fourth-order valence-corrected chi connectivity index (χ4v) is 3.28. The Morgan fingerprint density at radius 2 is 2.00 bits per heavy atom. The van der Waals surface area contributed by atoms with Gasteiger partial charge in [0.2, 0.25) is 5.91 Å². The van der Waals surface area contributed by atoms with Gasteiger partial charge in [0, 0.05) is 29.7 Å². The van der Waals surface area contributed by atoms with Gasteiger partial charge < -0.3 is 9.64 Å². The Hall–Kier alpha value is -2.15. The van der Waals surface area contributed by atoms with Crippen molar-refractivity contribution in [3.8, 4) is 0 Å². The van der Waals surface area contributed by atoms with Gasteiger partial charge in [0.05, 0.1) is 6.42 Å². The molecule has 0 aromatic heterocycles. The maximum atomic E-state index is 13.8. The predicted octanol–water partition coefficient (Wildman–Crippen LogP) is 1.99. The Labute approximate surface area is 143 Å². The molecule has 1 aromatic rings. The van der Waals surface area contributed by atoms with Gasteiger partial charge in [-0.25, -0.2) is 14.1 Å². The van der Waals surface area contributed by atoms with E-state index < -0.39 is 11.9 Å². The molecular weight excluding hydrogens is 339 g/mol. The molecule has 0 radical (unpaired) electrons. The average Bonchev–Trinajstić information content (AvgIpc) is 2.90. The molecule has 0 N–H and O–H groups in total. The molecule has 0 bridgehead atoms.